The van der Waals surface area contributed by atoms with Gasteiger partial charge in [-0.2, -0.15) is 26.2 Å². The maximum atomic E-state index is 14.4. The normalized spacial score (nSPS) is 15.9. The van der Waals surface area contributed by atoms with E-state index in [1.54, 1.807) is 35.3 Å². The number of thioether (sulfide) groups is 1. The van der Waals surface area contributed by atoms with Crippen LogP contribution in [-0.4, -0.2) is 31.8 Å². The number of halogens is 3. The highest BCUT2D eigenvalue weighted by molar-refractivity contribution is 8.04. The summed E-state index contributed by atoms with van der Waals surface area (Å²) in [5.41, 5.74) is -1.18. The number of hydrogen-bond donors (Lipinski definition) is 0. The number of nitrogens with zero attached hydrogens (tertiary/aromatic N) is 3. The minimum atomic E-state index is -5.76. The Bertz CT molecular complexity index is 2780. The number of benzene rings is 5. The van der Waals surface area contributed by atoms with Crippen molar-refractivity contribution in [3.05, 3.63) is 142 Å². The number of aryl methyl sites for hydroxylation is 1. The highest BCUT2D eigenvalue weighted by atomic mass is 32.2. The monoisotopic (exact) mass is 836 g/mol. The first-order chi connectivity index (χ1) is 28.0. The summed E-state index contributed by atoms with van der Waals surface area (Å²) in [4.78, 5) is 3.41. The molecule has 5 aromatic carbocycles. The van der Waals surface area contributed by atoms with Gasteiger partial charge in [-0.3, -0.25) is 4.31 Å². The van der Waals surface area contributed by atoms with Crippen LogP contribution in [0.25, 0.3) is 49.0 Å². The van der Waals surface area contributed by atoms with Crippen molar-refractivity contribution in [1.29, 1.82) is 0 Å². The predicted molar refractivity (Wildman–Crippen MR) is 237 cm³/mol. The third kappa shape index (κ3) is 7.26. The van der Waals surface area contributed by atoms with Crippen molar-refractivity contribution in [3.8, 4) is 0 Å². The molecule has 298 valence electrons. The van der Waals surface area contributed by atoms with Crippen molar-refractivity contribution in [2.24, 2.45) is 0 Å². The van der Waals surface area contributed by atoms with Crippen molar-refractivity contribution >= 4 is 87.8 Å². The number of unbranched alkanes of at least 4 members (excludes halogenated alkanes) is 4. The van der Waals surface area contributed by atoms with E-state index in [-0.39, 0.29) is 5.70 Å². The maximum absolute atomic E-state index is 14.4. The van der Waals surface area contributed by atoms with Crippen LogP contribution in [-0.2, 0) is 16.6 Å². The zero-order valence-electron chi connectivity index (χ0n) is 32.7. The number of fused-ring (bicyclic) bond motifs is 7. The Morgan fingerprint density at radius 1 is 0.759 bits per heavy atom. The van der Waals surface area contributed by atoms with E-state index in [4.69, 9.17) is 0 Å². The average molecular weight is 837 g/mol. The molecule has 6 aromatic rings. The molecule has 0 atom stereocenters. The van der Waals surface area contributed by atoms with Gasteiger partial charge in [-0.25, -0.2) is 0 Å². The van der Waals surface area contributed by atoms with Crippen LogP contribution < -0.4 is 9.47 Å². The highest BCUT2D eigenvalue weighted by Gasteiger charge is 2.51. The average Bonchev–Trinajstić information content (AvgIpc) is 3.87. The van der Waals surface area contributed by atoms with Crippen LogP contribution in [0.4, 0.5) is 18.9 Å². The SMILES string of the molecule is CCCCCN1/C(=C/C=C2C(N(C)S(=O)(=O)C(F)(F)F)=C(/C=C/c3sc4c5ccccc5ccc4[n+]3CCCCC)c3ccccc3/2)Sc2c1ccc1ccccc21. The van der Waals surface area contributed by atoms with Gasteiger partial charge in [-0.15, -0.1) is 0 Å². The Balaban J connectivity index is 1.30. The Morgan fingerprint density at radius 3 is 2.16 bits per heavy atom. The summed E-state index contributed by atoms with van der Waals surface area (Å²) in [6, 6.07) is 32.4. The smallest absolute Gasteiger partial charge is 0.335 e. The Morgan fingerprint density at radius 2 is 1.41 bits per heavy atom. The van der Waals surface area contributed by atoms with Crippen LogP contribution in [0.3, 0.4) is 0 Å². The number of allylic oxidation sites excluding steroid dienone is 5. The van der Waals surface area contributed by atoms with E-state index in [2.05, 4.69) is 71.8 Å². The number of thiazole rings is 1. The fraction of sp³-hybridized carbons (Fsp3) is 0.255. The van der Waals surface area contributed by atoms with Crippen molar-refractivity contribution in [2.45, 2.75) is 69.3 Å². The van der Waals surface area contributed by atoms with Gasteiger partial charge in [0.1, 0.15) is 4.70 Å². The summed E-state index contributed by atoms with van der Waals surface area (Å²) >= 11 is 3.27. The fourth-order valence-electron chi connectivity index (χ4n) is 8.02. The van der Waals surface area contributed by atoms with E-state index >= 15 is 0 Å². The fourth-order valence-corrected chi connectivity index (χ4v) is 11.2. The van der Waals surface area contributed by atoms with Crippen LogP contribution in [0.5, 0.6) is 0 Å². The van der Waals surface area contributed by atoms with Crippen molar-refractivity contribution < 1.29 is 26.2 Å². The molecule has 1 aromatic heterocycles. The van der Waals surface area contributed by atoms with Gasteiger partial charge in [-0.1, -0.05) is 135 Å². The molecule has 1 aliphatic heterocycles. The largest absolute Gasteiger partial charge is 0.516 e. The van der Waals surface area contributed by atoms with E-state index in [0.717, 1.165) is 111 Å². The van der Waals surface area contributed by atoms with Crippen LogP contribution >= 0.6 is 23.1 Å². The summed E-state index contributed by atoms with van der Waals surface area (Å²) in [5, 5.41) is 6.40. The lowest BCUT2D eigenvalue weighted by Gasteiger charge is -2.24. The minimum absolute atomic E-state index is 0.0146. The van der Waals surface area contributed by atoms with Gasteiger partial charge in [0, 0.05) is 53.6 Å². The zero-order valence-corrected chi connectivity index (χ0v) is 35.2. The topological polar surface area (TPSA) is 44.5 Å². The Labute approximate surface area is 346 Å². The van der Waals surface area contributed by atoms with Gasteiger partial charge in [0.15, 0.2) is 6.54 Å². The molecule has 1 aliphatic carbocycles. The standard InChI is InChI=1S/C47H45F3N3O2S3/c1-4-6-14-30-52-40-26-22-32-16-8-10-18-34(32)45(40)56-42(52)28-24-38-36-20-12-13-21-37(36)39(44(38)51(3)58(54,55)47(48,49)50)25-29-43-53(31-15-7-5-2)41-27-23-33-17-9-11-19-35(33)46(41)57-43/h8-13,16-29H,4-7,14-15,30-31H2,1-3H3/q+1. The molecule has 11 heteroatoms. The number of sulfonamides is 1. The maximum Gasteiger partial charge on any atom is 0.516 e. The second-order valence-corrected chi connectivity index (χ2v) is 18.7. The molecule has 2 heterocycles. The quantitative estimate of drug-likeness (QED) is 0.0859. The molecule has 2 aliphatic rings. The number of hydrogen-bond acceptors (Lipinski definition) is 5. The van der Waals surface area contributed by atoms with Crippen molar-refractivity contribution in [1.82, 2.24) is 4.31 Å². The first-order valence-corrected chi connectivity index (χ1v) is 22.9. The second kappa shape index (κ2) is 16.4. The highest BCUT2D eigenvalue weighted by Crippen LogP contribution is 2.51. The molecule has 5 nitrogen and oxygen atoms in total. The lowest BCUT2D eigenvalue weighted by Crippen LogP contribution is -2.37. The molecule has 58 heavy (non-hydrogen) atoms. The van der Waals surface area contributed by atoms with Crippen LogP contribution in [0.1, 0.15) is 68.5 Å². The van der Waals surface area contributed by atoms with Gasteiger partial charge in [-0.05, 0) is 70.5 Å². The lowest BCUT2D eigenvalue weighted by molar-refractivity contribution is -0.669. The minimum Gasteiger partial charge on any atom is -0.335 e. The molecule has 0 unspecified atom stereocenters. The summed E-state index contributed by atoms with van der Waals surface area (Å²) in [6.45, 7) is 5.89. The molecule has 0 saturated heterocycles. The predicted octanol–water partition coefficient (Wildman–Crippen LogP) is 12.9. The third-order valence-electron chi connectivity index (χ3n) is 11.0. The molecule has 0 radical (unpaired) electrons. The van der Waals surface area contributed by atoms with Gasteiger partial charge in [0.25, 0.3) is 5.01 Å². The third-order valence-corrected chi connectivity index (χ3v) is 14.9. The lowest BCUT2D eigenvalue weighted by atomic mass is 10.0. The molecule has 0 fully saturated rings. The van der Waals surface area contributed by atoms with Gasteiger partial charge >= 0.3 is 15.5 Å². The van der Waals surface area contributed by atoms with E-state index in [9.17, 15) is 21.6 Å². The van der Waals surface area contributed by atoms with E-state index in [0.29, 0.717) is 26.6 Å². The van der Waals surface area contributed by atoms with Crippen LogP contribution in [0.15, 0.2) is 131 Å². The molecule has 0 amide bonds. The van der Waals surface area contributed by atoms with Crippen molar-refractivity contribution in [2.75, 3.05) is 18.5 Å². The van der Waals surface area contributed by atoms with Gasteiger partial charge in [0.05, 0.1) is 16.4 Å². The number of likely N-dealkylation sites (N-methyl/N-ethyl adjacent to an activating group) is 1. The molecular weight excluding hydrogens is 792 g/mol. The number of rotatable bonds is 13. The Kier molecular flexibility index (Phi) is 11.3. The summed E-state index contributed by atoms with van der Waals surface area (Å²) < 4.78 is 73.7. The summed E-state index contributed by atoms with van der Waals surface area (Å²) in [7, 11) is -4.75. The molecule has 0 spiro atoms. The van der Waals surface area contributed by atoms with Crippen molar-refractivity contribution in [3.63, 3.8) is 0 Å². The van der Waals surface area contributed by atoms with E-state index < -0.39 is 15.5 Å². The first-order valence-electron chi connectivity index (χ1n) is 19.8. The van der Waals surface area contributed by atoms with E-state index in [1.807, 2.05) is 60.7 Å². The number of alkyl halides is 3. The van der Waals surface area contributed by atoms with E-state index in [1.165, 1.54) is 0 Å². The Hall–Kier alpha value is -4.84. The first kappa shape index (κ1) is 40.0. The molecular formula is C47H45F3N3O2S3+. The summed E-state index contributed by atoms with van der Waals surface area (Å²) in [5.74, 6) is 0. The molecule has 0 bridgehead atoms. The van der Waals surface area contributed by atoms with Gasteiger partial charge in [0.2, 0.25) is 5.52 Å². The van der Waals surface area contributed by atoms with Crippen LogP contribution in [0.2, 0.25) is 0 Å². The molecule has 8 rings (SSSR count). The van der Waals surface area contributed by atoms with Gasteiger partial charge < -0.3 is 4.90 Å². The summed E-state index contributed by atoms with van der Waals surface area (Å²) in [6.07, 6.45) is 13.7. The number of anilines is 1. The van der Waals surface area contributed by atoms with Crippen LogP contribution in [0, 0.1) is 0 Å². The number of aromatic nitrogens is 1. The molecule has 0 saturated carbocycles. The molecule has 0 N–H and O–H groups in total. The second-order valence-electron chi connectivity index (χ2n) is 14.7. The zero-order chi connectivity index (χ0) is 40.6.